The van der Waals surface area contributed by atoms with Crippen LogP contribution in [0, 0.1) is 5.92 Å². The molecule has 0 aliphatic rings. The Hall–Kier alpha value is -1.43. The van der Waals surface area contributed by atoms with E-state index in [1.165, 1.54) is 11.8 Å². The summed E-state index contributed by atoms with van der Waals surface area (Å²) in [4.78, 5) is 14.9. The van der Waals surface area contributed by atoms with Gasteiger partial charge in [-0.25, -0.2) is 4.98 Å². The summed E-state index contributed by atoms with van der Waals surface area (Å²) in [5.74, 6) is 0.630. The Labute approximate surface area is 105 Å². The number of primary amides is 1. The summed E-state index contributed by atoms with van der Waals surface area (Å²) in [5.41, 5.74) is 11.3. The van der Waals surface area contributed by atoms with Crippen LogP contribution in [0.4, 0.5) is 5.69 Å². The van der Waals surface area contributed by atoms with Crippen LogP contribution in [0.15, 0.2) is 17.2 Å². The highest BCUT2D eigenvalue weighted by molar-refractivity contribution is 7.99. The Morgan fingerprint density at radius 1 is 1.53 bits per heavy atom. The van der Waals surface area contributed by atoms with E-state index in [2.05, 4.69) is 4.98 Å². The molecule has 1 aromatic rings. The molecule has 0 aliphatic heterocycles. The first-order valence-corrected chi connectivity index (χ1v) is 6.28. The van der Waals surface area contributed by atoms with Gasteiger partial charge in [-0.1, -0.05) is 25.6 Å². The molecule has 17 heavy (non-hydrogen) atoms. The zero-order valence-corrected chi connectivity index (χ0v) is 10.8. The monoisotopic (exact) mass is 255 g/mol. The van der Waals surface area contributed by atoms with Crippen LogP contribution in [0.2, 0.25) is 0 Å². The number of amides is 1. The SMILES string of the molecule is CC(C)COc1nc(SCC(N)=O)ccc1N. The van der Waals surface area contributed by atoms with Crippen LogP contribution in [-0.4, -0.2) is 23.3 Å². The number of carbonyl (C=O) groups is 1. The standard InChI is InChI=1S/C11H17N3O2S/c1-7(2)5-16-11-8(12)3-4-10(14-11)17-6-9(13)15/h3-4,7H,5-6,12H2,1-2H3,(H2,13,15). The van der Waals surface area contributed by atoms with Crippen molar-refractivity contribution in [2.45, 2.75) is 18.9 Å². The highest BCUT2D eigenvalue weighted by atomic mass is 32.2. The second-order valence-electron chi connectivity index (χ2n) is 4.00. The molecule has 1 heterocycles. The third kappa shape index (κ3) is 4.95. The molecule has 0 fully saturated rings. The molecule has 5 nitrogen and oxygen atoms in total. The fraction of sp³-hybridized carbons (Fsp3) is 0.455. The second kappa shape index (κ2) is 6.34. The van der Waals surface area contributed by atoms with Crippen molar-refractivity contribution in [3.8, 4) is 5.88 Å². The Kier molecular flexibility index (Phi) is 5.09. The highest BCUT2D eigenvalue weighted by Gasteiger charge is 2.07. The predicted octanol–water partition coefficient (Wildman–Crippen LogP) is 1.28. The molecule has 0 atom stereocenters. The van der Waals surface area contributed by atoms with Gasteiger partial charge in [0.25, 0.3) is 0 Å². The van der Waals surface area contributed by atoms with Crippen LogP contribution in [0.3, 0.4) is 0 Å². The Bertz CT molecular complexity index is 396. The minimum Gasteiger partial charge on any atom is -0.476 e. The summed E-state index contributed by atoms with van der Waals surface area (Å²) >= 11 is 1.26. The van der Waals surface area contributed by atoms with E-state index in [9.17, 15) is 4.79 Å². The van der Waals surface area contributed by atoms with E-state index in [1.807, 2.05) is 13.8 Å². The zero-order valence-electron chi connectivity index (χ0n) is 9.97. The van der Waals surface area contributed by atoms with Crippen LogP contribution in [-0.2, 0) is 4.79 Å². The smallest absolute Gasteiger partial charge is 0.238 e. The topological polar surface area (TPSA) is 91.2 Å². The Morgan fingerprint density at radius 2 is 2.24 bits per heavy atom. The fourth-order valence-corrected chi connectivity index (χ4v) is 1.62. The van der Waals surface area contributed by atoms with E-state index in [0.29, 0.717) is 29.1 Å². The summed E-state index contributed by atoms with van der Waals surface area (Å²) < 4.78 is 5.48. The van der Waals surface area contributed by atoms with E-state index >= 15 is 0 Å². The van der Waals surface area contributed by atoms with Crippen molar-refractivity contribution >= 4 is 23.4 Å². The minimum atomic E-state index is -0.377. The summed E-state index contributed by atoms with van der Waals surface area (Å²) in [6.45, 7) is 4.64. The van der Waals surface area contributed by atoms with Gasteiger partial charge in [0.1, 0.15) is 5.03 Å². The molecular formula is C11H17N3O2S. The van der Waals surface area contributed by atoms with E-state index in [-0.39, 0.29) is 11.7 Å². The van der Waals surface area contributed by atoms with Gasteiger partial charge in [-0.15, -0.1) is 0 Å². The van der Waals surface area contributed by atoms with Crippen molar-refractivity contribution in [1.29, 1.82) is 0 Å². The third-order valence-corrected chi connectivity index (χ3v) is 2.73. The lowest BCUT2D eigenvalue weighted by Gasteiger charge is -2.10. The minimum absolute atomic E-state index is 0.195. The number of hydrogen-bond donors (Lipinski definition) is 2. The number of thioether (sulfide) groups is 1. The van der Waals surface area contributed by atoms with Crippen molar-refractivity contribution in [2.75, 3.05) is 18.1 Å². The number of hydrogen-bond acceptors (Lipinski definition) is 5. The number of nitrogens with zero attached hydrogens (tertiary/aromatic N) is 1. The number of aromatic nitrogens is 1. The second-order valence-corrected chi connectivity index (χ2v) is 5.00. The molecule has 4 N–H and O–H groups in total. The van der Waals surface area contributed by atoms with Crippen molar-refractivity contribution in [2.24, 2.45) is 11.7 Å². The fourth-order valence-electron chi connectivity index (χ4n) is 1.02. The van der Waals surface area contributed by atoms with Crippen LogP contribution < -0.4 is 16.2 Å². The number of nitrogen functional groups attached to an aromatic ring is 1. The maximum absolute atomic E-state index is 10.7. The number of carbonyl (C=O) groups excluding carboxylic acids is 1. The number of ether oxygens (including phenoxy) is 1. The molecular weight excluding hydrogens is 238 g/mol. The molecule has 0 saturated carbocycles. The predicted molar refractivity (Wildman–Crippen MR) is 68.9 cm³/mol. The summed E-state index contributed by atoms with van der Waals surface area (Å²) in [5, 5.41) is 0.678. The quantitative estimate of drug-likeness (QED) is 0.747. The van der Waals surface area contributed by atoms with E-state index in [1.54, 1.807) is 12.1 Å². The molecule has 1 aromatic heterocycles. The highest BCUT2D eigenvalue weighted by Crippen LogP contribution is 2.24. The van der Waals surface area contributed by atoms with Gasteiger partial charge in [0.15, 0.2) is 0 Å². The normalized spacial score (nSPS) is 10.5. The first-order valence-electron chi connectivity index (χ1n) is 5.29. The molecule has 0 radical (unpaired) electrons. The molecule has 6 heteroatoms. The van der Waals surface area contributed by atoms with E-state index in [4.69, 9.17) is 16.2 Å². The maximum atomic E-state index is 10.7. The van der Waals surface area contributed by atoms with Gasteiger partial charge in [0, 0.05) is 0 Å². The lowest BCUT2D eigenvalue weighted by molar-refractivity contribution is -0.115. The molecule has 1 rings (SSSR count). The average molecular weight is 255 g/mol. The molecule has 0 unspecified atom stereocenters. The Balaban J connectivity index is 2.68. The van der Waals surface area contributed by atoms with Gasteiger partial charge in [-0.05, 0) is 18.1 Å². The van der Waals surface area contributed by atoms with Gasteiger partial charge in [-0.2, -0.15) is 0 Å². The largest absolute Gasteiger partial charge is 0.476 e. The summed E-state index contributed by atoms with van der Waals surface area (Å²) in [7, 11) is 0. The number of pyridine rings is 1. The van der Waals surface area contributed by atoms with E-state index in [0.717, 1.165) is 0 Å². The first kappa shape index (κ1) is 13.6. The molecule has 1 amide bonds. The lowest BCUT2D eigenvalue weighted by Crippen LogP contribution is -2.13. The molecule has 0 saturated heterocycles. The lowest BCUT2D eigenvalue weighted by atomic mass is 10.2. The van der Waals surface area contributed by atoms with Crippen LogP contribution in [0.25, 0.3) is 0 Å². The van der Waals surface area contributed by atoms with Crippen molar-refractivity contribution < 1.29 is 9.53 Å². The number of rotatable bonds is 6. The third-order valence-electron chi connectivity index (χ3n) is 1.78. The molecule has 0 bridgehead atoms. The van der Waals surface area contributed by atoms with Crippen molar-refractivity contribution in [3.63, 3.8) is 0 Å². The number of nitrogens with two attached hydrogens (primary N) is 2. The molecule has 94 valence electrons. The van der Waals surface area contributed by atoms with Gasteiger partial charge >= 0.3 is 0 Å². The van der Waals surface area contributed by atoms with Crippen LogP contribution >= 0.6 is 11.8 Å². The summed E-state index contributed by atoms with van der Waals surface area (Å²) in [6, 6.07) is 3.46. The van der Waals surface area contributed by atoms with Gasteiger partial charge in [0.2, 0.25) is 11.8 Å². The van der Waals surface area contributed by atoms with Gasteiger partial charge in [0.05, 0.1) is 18.0 Å². The molecule has 0 aromatic carbocycles. The zero-order chi connectivity index (χ0) is 12.8. The van der Waals surface area contributed by atoms with Crippen LogP contribution in [0.1, 0.15) is 13.8 Å². The number of anilines is 1. The summed E-state index contributed by atoms with van der Waals surface area (Å²) in [6.07, 6.45) is 0. The van der Waals surface area contributed by atoms with Gasteiger partial charge < -0.3 is 16.2 Å². The average Bonchev–Trinajstić information content (AvgIpc) is 2.26. The van der Waals surface area contributed by atoms with E-state index < -0.39 is 0 Å². The molecule has 0 aliphatic carbocycles. The maximum Gasteiger partial charge on any atom is 0.238 e. The molecule has 0 spiro atoms. The van der Waals surface area contributed by atoms with Crippen molar-refractivity contribution in [3.05, 3.63) is 12.1 Å². The van der Waals surface area contributed by atoms with Gasteiger partial charge in [-0.3, -0.25) is 4.79 Å². The van der Waals surface area contributed by atoms with Crippen molar-refractivity contribution in [1.82, 2.24) is 4.98 Å². The first-order chi connectivity index (χ1) is 7.99. The Morgan fingerprint density at radius 3 is 2.82 bits per heavy atom. The van der Waals surface area contributed by atoms with Crippen LogP contribution in [0.5, 0.6) is 5.88 Å².